The maximum absolute atomic E-state index is 11.0. The van der Waals surface area contributed by atoms with Gasteiger partial charge in [-0.25, -0.2) is 0 Å². The van der Waals surface area contributed by atoms with E-state index in [1.165, 1.54) is 25.3 Å². The highest BCUT2D eigenvalue weighted by Gasteiger charge is 2.19. The summed E-state index contributed by atoms with van der Waals surface area (Å²) >= 11 is 0. The molecule has 0 bridgehead atoms. The third-order valence-electron chi connectivity index (χ3n) is 2.61. The zero-order valence-electron chi connectivity index (χ0n) is 8.63. The Labute approximate surface area is 83.3 Å². The molecule has 1 heterocycles. The number of hydrogen-bond donors (Lipinski definition) is 1. The van der Waals surface area contributed by atoms with Crippen LogP contribution in [0.5, 0.6) is 0 Å². The Morgan fingerprint density at radius 3 is 2.86 bits per heavy atom. The molecule has 76 valence electrons. The maximum Gasteiger partial charge on any atom is 0.222 e. The van der Waals surface area contributed by atoms with Crippen molar-refractivity contribution in [3.05, 3.63) is 11.3 Å². The smallest absolute Gasteiger partial charge is 0.222 e. The molecule has 1 aliphatic rings. The number of nitrogens with zero attached hydrogens (tertiary/aromatic N) is 2. The molecule has 0 saturated heterocycles. The third kappa shape index (κ3) is 1.52. The van der Waals surface area contributed by atoms with Crippen molar-refractivity contribution in [2.75, 3.05) is 5.32 Å². The average Bonchev–Trinajstić information content (AvgIpc) is 2.43. The predicted octanol–water partition coefficient (Wildman–Crippen LogP) is 1.26. The van der Waals surface area contributed by atoms with E-state index < -0.39 is 0 Å². The van der Waals surface area contributed by atoms with Gasteiger partial charge < -0.3 is 5.32 Å². The molecular formula is C10H15N3O. The highest BCUT2D eigenvalue weighted by Crippen LogP contribution is 2.26. The standard InChI is InChI=1S/C10H15N3O/c1-7(14)11-10-8-5-3-4-6-9(8)12-13(10)2/h3-6H2,1-2H3,(H,11,14). The molecule has 14 heavy (non-hydrogen) atoms. The summed E-state index contributed by atoms with van der Waals surface area (Å²) in [6.07, 6.45) is 4.50. The largest absolute Gasteiger partial charge is 0.311 e. The Hall–Kier alpha value is -1.32. The second-order valence-corrected chi connectivity index (χ2v) is 3.79. The van der Waals surface area contributed by atoms with Crippen LogP contribution in [0.1, 0.15) is 31.0 Å². The topological polar surface area (TPSA) is 46.9 Å². The Bertz CT molecular complexity index is 368. The number of carbonyl (C=O) groups excluding carboxylic acids is 1. The number of aromatic nitrogens is 2. The second kappa shape index (κ2) is 3.44. The summed E-state index contributed by atoms with van der Waals surface area (Å²) in [4.78, 5) is 11.0. The molecule has 1 aliphatic carbocycles. The van der Waals surface area contributed by atoms with Crippen LogP contribution in [0.4, 0.5) is 5.82 Å². The van der Waals surface area contributed by atoms with Gasteiger partial charge >= 0.3 is 0 Å². The summed E-state index contributed by atoms with van der Waals surface area (Å²) in [7, 11) is 1.88. The zero-order chi connectivity index (χ0) is 10.1. The molecule has 4 heteroatoms. The Balaban J connectivity index is 2.37. The lowest BCUT2D eigenvalue weighted by atomic mass is 9.97. The monoisotopic (exact) mass is 193 g/mol. The molecule has 1 N–H and O–H groups in total. The highest BCUT2D eigenvalue weighted by molar-refractivity contribution is 5.88. The van der Waals surface area contributed by atoms with Gasteiger partial charge in [0, 0.05) is 19.5 Å². The van der Waals surface area contributed by atoms with E-state index in [9.17, 15) is 4.79 Å². The molecule has 0 aliphatic heterocycles. The van der Waals surface area contributed by atoms with Crippen molar-refractivity contribution < 1.29 is 4.79 Å². The minimum Gasteiger partial charge on any atom is -0.311 e. The van der Waals surface area contributed by atoms with Gasteiger partial charge in [0.15, 0.2) is 0 Å². The molecule has 0 spiro atoms. The quantitative estimate of drug-likeness (QED) is 0.729. The molecule has 0 aromatic carbocycles. The lowest BCUT2D eigenvalue weighted by molar-refractivity contribution is -0.114. The van der Waals surface area contributed by atoms with Crippen LogP contribution < -0.4 is 5.32 Å². The summed E-state index contributed by atoms with van der Waals surface area (Å²) in [5, 5.41) is 7.25. The van der Waals surface area contributed by atoms with Crippen molar-refractivity contribution in [3.8, 4) is 0 Å². The zero-order valence-corrected chi connectivity index (χ0v) is 8.63. The normalized spacial score (nSPS) is 15.0. The minimum absolute atomic E-state index is 0.0265. The van der Waals surface area contributed by atoms with Crippen molar-refractivity contribution in [2.24, 2.45) is 7.05 Å². The molecular weight excluding hydrogens is 178 g/mol. The van der Waals surface area contributed by atoms with Crippen LogP contribution in [0.25, 0.3) is 0 Å². The Morgan fingerprint density at radius 2 is 2.14 bits per heavy atom. The molecule has 0 fully saturated rings. The van der Waals surface area contributed by atoms with E-state index in [0.29, 0.717) is 0 Å². The van der Waals surface area contributed by atoms with E-state index >= 15 is 0 Å². The van der Waals surface area contributed by atoms with E-state index in [1.807, 2.05) is 7.05 Å². The molecule has 0 atom stereocenters. The fourth-order valence-corrected chi connectivity index (χ4v) is 2.00. The molecule has 4 nitrogen and oxygen atoms in total. The van der Waals surface area contributed by atoms with E-state index in [1.54, 1.807) is 4.68 Å². The van der Waals surface area contributed by atoms with E-state index in [2.05, 4.69) is 10.4 Å². The fourth-order valence-electron chi connectivity index (χ4n) is 2.00. The maximum atomic E-state index is 11.0. The van der Waals surface area contributed by atoms with Crippen LogP contribution in [-0.2, 0) is 24.7 Å². The summed E-state index contributed by atoms with van der Waals surface area (Å²) in [6, 6.07) is 0. The van der Waals surface area contributed by atoms with Gasteiger partial charge in [-0.05, 0) is 25.7 Å². The first-order valence-corrected chi connectivity index (χ1v) is 5.01. The van der Waals surface area contributed by atoms with Gasteiger partial charge in [-0.3, -0.25) is 9.48 Å². The molecule has 1 aromatic heterocycles. The number of anilines is 1. The van der Waals surface area contributed by atoms with Crippen LogP contribution in [0, 0.1) is 0 Å². The minimum atomic E-state index is -0.0265. The van der Waals surface area contributed by atoms with Crippen LogP contribution in [0.2, 0.25) is 0 Å². The van der Waals surface area contributed by atoms with Gasteiger partial charge in [0.2, 0.25) is 5.91 Å². The van der Waals surface area contributed by atoms with Crippen LogP contribution in [0.3, 0.4) is 0 Å². The first-order chi connectivity index (χ1) is 6.68. The molecule has 2 rings (SSSR count). The van der Waals surface area contributed by atoms with Gasteiger partial charge in [0.25, 0.3) is 0 Å². The van der Waals surface area contributed by atoms with E-state index in [0.717, 1.165) is 24.4 Å². The number of fused-ring (bicyclic) bond motifs is 1. The van der Waals surface area contributed by atoms with Crippen LogP contribution in [0.15, 0.2) is 0 Å². The van der Waals surface area contributed by atoms with E-state index in [-0.39, 0.29) is 5.91 Å². The summed E-state index contributed by atoms with van der Waals surface area (Å²) < 4.78 is 1.78. The predicted molar refractivity (Wildman–Crippen MR) is 54.2 cm³/mol. The number of hydrogen-bond acceptors (Lipinski definition) is 2. The summed E-state index contributed by atoms with van der Waals surface area (Å²) in [6.45, 7) is 1.53. The SMILES string of the molecule is CC(=O)Nc1c2c(nn1C)CCCC2. The van der Waals surface area contributed by atoms with Crippen molar-refractivity contribution in [1.29, 1.82) is 0 Å². The van der Waals surface area contributed by atoms with Gasteiger partial charge in [0.05, 0.1) is 5.69 Å². The molecule has 0 unspecified atom stereocenters. The lowest BCUT2D eigenvalue weighted by Crippen LogP contribution is -2.12. The number of aryl methyl sites for hydroxylation is 2. The van der Waals surface area contributed by atoms with Crippen molar-refractivity contribution in [3.63, 3.8) is 0 Å². The molecule has 0 saturated carbocycles. The average molecular weight is 193 g/mol. The fraction of sp³-hybridized carbons (Fsp3) is 0.600. The van der Waals surface area contributed by atoms with Gasteiger partial charge in [0.1, 0.15) is 5.82 Å². The first-order valence-electron chi connectivity index (χ1n) is 5.01. The number of rotatable bonds is 1. The number of carbonyl (C=O) groups is 1. The second-order valence-electron chi connectivity index (χ2n) is 3.79. The lowest BCUT2D eigenvalue weighted by Gasteiger charge is -2.11. The van der Waals surface area contributed by atoms with Gasteiger partial charge in [-0.2, -0.15) is 5.10 Å². The number of amides is 1. The number of nitrogens with one attached hydrogen (secondary N) is 1. The van der Waals surface area contributed by atoms with Gasteiger partial charge in [-0.15, -0.1) is 0 Å². The van der Waals surface area contributed by atoms with Crippen molar-refractivity contribution >= 4 is 11.7 Å². The molecule has 0 radical (unpaired) electrons. The third-order valence-corrected chi connectivity index (χ3v) is 2.61. The summed E-state index contributed by atoms with van der Waals surface area (Å²) in [5.74, 6) is 0.855. The van der Waals surface area contributed by atoms with Crippen molar-refractivity contribution in [2.45, 2.75) is 32.6 Å². The Kier molecular flexibility index (Phi) is 2.27. The van der Waals surface area contributed by atoms with Crippen LogP contribution in [-0.4, -0.2) is 15.7 Å². The van der Waals surface area contributed by atoms with Gasteiger partial charge in [-0.1, -0.05) is 0 Å². The first kappa shape index (κ1) is 9.24. The van der Waals surface area contributed by atoms with E-state index in [4.69, 9.17) is 0 Å². The molecule has 1 aromatic rings. The highest BCUT2D eigenvalue weighted by atomic mass is 16.1. The molecule has 1 amide bonds. The van der Waals surface area contributed by atoms with Crippen LogP contribution >= 0.6 is 0 Å². The van der Waals surface area contributed by atoms with Crippen molar-refractivity contribution in [1.82, 2.24) is 9.78 Å². The summed E-state index contributed by atoms with van der Waals surface area (Å²) in [5.41, 5.74) is 2.39. The Morgan fingerprint density at radius 1 is 1.43 bits per heavy atom.